The Kier molecular flexibility index (Phi) is 2.77. The van der Waals surface area contributed by atoms with Gasteiger partial charge in [-0.2, -0.15) is 10.1 Å². The lowest BCUT2D eigenvalue weighted by Crippen LogP contribution is -2.07. The highest BCUT2D eigenvalue weighted by Crippen LogP contribution is 2.75. The molecule has 0 bridgehead atoms. The van der Waals surface area contributed by atoms with Crippen molar-refractivity contribution in [1.29, 1.82) is 0 Å². The highest BCUT2D eigenvalue weighted by molar-refractivity contribution is 5.81. The van der Waals surface area contributed by atoms with Crippen LogP contribution in [0.15, 0.2) is 30.5 Å². The summed E-state index contributed by atoms with van der Waals surface area (Å²) in [5.41, 5.74) is 9.73. The van der Waals surface area contributed by atoms with Gasteiger partial charge >= 0.3 is 0 Å². The summed E-state index contributed by atoms with van der Waals surface area (Å²) in [6, 6.07) is 8.53. The van der Waals surface area contributed by atoms with Crippen LogP contribution in [0, 0.1) is 5.41 Å². The molecule has 2 fully saturated rings. The van der Waals surface area contributed by atoms with Crippen LogP contribution in [-0.4, -0.2) is 26.9 Å². The van der Waals surface area contributed by atoms with Crippen LogP contribution in [0.3, 0.4) is 0 Å². The average molecular weight is 321 g/mol. The molecule has 0 amide bonds. The number of nitrogens with two attached hydrogens (primary N) is 1. The van der Waals surface area contributed by atoms with E-state index in [1.807, 2.05) is 16.9 Å². The molecule has 3 aromatic rings. The number of fused-ring (bicyclic) bond motifs is 1. The van der Waals surface area contributed by atoms with Crippen molar-refractivity contribution >= 4 is 16.9 Å². The second kappa shape index (κ2) is 4.77. The number of aromatic nitrogens is 4. The van der Waals surface area contributed by atoms with Gasteiger partial charge in [0.05, 0.1) is 24.0 Å². The molecule has 2 N–H and O–H groups in total. The van der Waals surface area contributed by atoms with Gasteiger partial charge in [-0.3, -0.25) is 0 Å². The van der Waals surface area contributed by atoms with Crippen LogP contribution in [0.25, 0.3) is 16.7 Å². The molecule has 2 aromatic heterocycles. The van der Waals surface area contributed by atoms with E-state index < -0.39 is 0 Å². The summed E-state index contributed by atoms with van der Waals surface area (Å²) < 4.78 is 7.00. The summed E-state index contributed by atoms with van der Waals surface area (Å²) in [7, 11) is 1.64. The molecule has 0 aliphatic heterocycles. The Hall–Kier alpha value is -2.47. The maximum Gasteiger partial charge on any atom is 0.222 e. The first kappa shape index (κ1) is 13.9. The molecular weight excluding hydrogens is 302 g/mol. The van der Waals surface area contributed by atoms with Gasteiger partial charge in [-0.15, -0.1) is 0 Å². The van der Waals surface area contributed by atoms with Gasteiger partial charge in [0, 0.05) is 18.6 Å². The monoisotopic (exact) mass is 321 g/mol. The van der Waals surface area contributed by atoms with E-state index in [0.717, 1.165) is 22.5 Å². The lowest BCUT2D eigenvalue weighted by Gasteiger charge is -2.07. The Balaban J connectivity index is 1.60. The number of hydrogen-bond donors (Lipinski definition) is 1. The normalized spacial score (nSPS) is 20.6. The molecule has 2 aliphatic carbocycles. The van der Waals surface area contributed by atoms with Gasteiger partial charge in [0.2, 0.25) is 5.95 Å². The first-order valence-corrected chi connectivity index (χ1v) is 8.29. The van der Waals surface area contributed by atoms with Crippen molar-refractivity contribution in [1.82, 2.24) is 19.7 Å². The SMILES string of the molecule is COCc1cc(-n2ncc3ccc(C4CC45CC5)cc32)nc(N)n1. The zero-order valence-corrected chi connectivity index (χ0v) is 13.6. The van der Waals surface area contributed by atoms with Gasteiger partial charge in [-0.25, -0.2) is 9.67 Å². The minimum absolute atomic E-state index is 0.235. The third-order valence-corrected chi connectivity index (χ3v) is 5.37. The van der Waals surface area contributed by atoms with E-state index in [0.29, 0.717) is 17.8 Å². The standard InChI is InChI=1S/C18H19N5O/c1-24-10-13-7-16(22-17(19)21-13)23-15-6-11(2-3-12(15)9-20-23)14-8-18(14)4-5-18/h2-3,6-7,9,14H,4-5,8,10H2,1H3,(H2,19,21,22). The molecule has 5 rings (SSSR count). The molecule has 6 nitrogen and oxygen atoms in total. The van der Waals surface area contributed by atoms with Crippen molar-refractivity contribution in [3.63, 3.8) is 0 Å². The second-order valence-electron chi connectivity index (χ2n) is 7.00. The fourth-order valence-corrected chi connectivity index (χ4v) is 3.80. The third-order valence-electron chi connectivity index (χ3n) is 5.37. The van der Waals surface area contributed by atoms with Gasteiger partial charge in [0.15, 0.2) is 5.82 Å². The van der Waals surface area contributed by atoms with Crippen LogP contribution in [0.2, 0.25) is 0 Å². The van der Waals surface area contributed by atoms with Gasteiger partial charge in [0.1, 0.15) is 0 Å². The third kappa shape index (κ3) is 2.10. The number of nitrogens with zero attached hydrogens (tertiary/aromatic N) is 4. The molecule has 2 aliphatic rings. The molecule has 2 heterocycles. The van der Waals surface area contributed by atoms with Gasteiger partial charge in [0.25, 0.3) is 0 Å². The van der Waals surface area contributed by atoms with Crippen molar-refractivity contribution in [2.24, 2.45) is 5.41 Å². The van der Waals surface area contributed by atoms with Crippen molar-refractivity contribution in [3.8, 4) is 5.82 Å². The van der Waals surface area contributed by atoms with E-state index >= 15 is 0 Å². The first-order chi connectivity index (χ1) is 11.7. The van der Waals surface area contributed by atoms with Gasteiger partial charge in [-0.05, 0) is 42.2 Å². The van der Waals surface area contributed by atoms with E-state index in [1.165, 1.54) is 24.8 Å². The van der Waals surface area contributed by atoms with E-state index in [9.17, 15) is 0 Å². The number of ether oxygens (including phenoxy) is 1. The largest absolute Gasteiger partial charge is 0.378 e. The maximum atomic E-state index is 5.85. The predicted molar refractivity (Wildman–Crippen MR) is 90.8 cm³/mol. The van der Waals surface area contributed by atoms with Crippen molar-refractivity contribution in [3.05, 3.63) is 41.7 Å². The molecule has 1 aromatic carbocycles. The smallest absolute Gasteiger partial charge is 0.222 e. The summed E-state index contributed by atoms with van der Waals surface area (Å²) in [5, 5.41) is 5.62. The fraction of sp³-hybridized carbons (Fsp3) is 0.389. The molecule has 1 unspecified atom stereocenters. The summed E-state index contributed by atoms with van der Waals surface area (Å²) in [4.78, 5) is 8.55. The number of anilines is 1. The molecule has 0 saturated heterocycles. The zero-order valence-electron chi connectivity index (χ0n) is 13.6. The highest BCUT2D eigenvalue weighted by Gasteiger charge is 2.62. The molecule has 6 heteroatoms. The molecule has 0 radical (unpaired) electrons. The Morgan fingerprint density at radius 1 is 1.29 bits per heavy atom. The Bertz CT molecular complexity index is 944. The molecule has 1 spiro atoms. The number of nitrogen functional groups attached to an aromatic ring is 1. The summed E-state index contributed by atoms with van der Waals surface area (Å²) >= 11 is 0. The van der Waals surface area contributed by atoms with Crippen molar-refractivity contribution in [2.45, 2.75) is 31.8 Å². The Morgan fingerprint density at radius 3 is 2.92 bits per heavy atom. The van der Waals surface area contributed by atoms with Crippen LogP contribution < -0.4 is 5.73 Å². The minimum Gasteiger partial charge on any atom is -0.378 e. The highest BCUT2D eigenvalue weighted by atomic mass is 16.5. The summed E-state index contributed by atoms with van der Waals surface area (Å²) in [6.07, 6.45) is 5.98. The molecule has 122 valence electrons. The van der Waals surface area contributed by atoms with E-state index in [1.54, 1.807) is 7.11 Å². The zero-order chi connectivity index (χ0) is 16.3. The number of hydrogen-bond acceptors (Lipinski definition) is 5. The topological polar surface area (TPSA) is 78.8 Å². The predicted octanol–water partition coefficient (Wildman–Crippen LogP) is 2.81. The lowest BCUT2D eigenvalue weighted by molar-refractivity contribution is 0.181. The Labute approximate surface area is 139 Å². The van der Waals surface area contributed by atoms with Crippen LogP contribution in [-0.2, 0) is 11.3 Å². The summed E-state index contributed by atoms with van der Waals surface area (Å²) in [6.45, 7) is 0.398. The lowest BCUT2D eigenvalue weighted by atomic mass is 10.1. The summed E-state index contributed by atoms with van der Waals surface area (Å²) in [5.74, 6) is 1.64. The van der Waals surface area contributed by atoms with Gasteiger partial charge < -0.3 is 10.5 Å². The average Bonchev–Trinajstić information content (AvgIpc) is 3.46. The first-order valence-electron chi connectivity index (χ1n) is 8.29. The van der Waals surface area contributed by atoms with Crippen molar-refractivity contribution < 1.29 is 4.74 Å². The van der Waals surface area contributed by atoms with Crippen LogP contribution in [0.1, 0.15) is 36.4 Å². The van der Waals surface area contributed by atoms with Gasteiger partial charge in [-0.1, -0.05) is 12.1 Å². The number of benzene rings is 1. The Morgan fingerprint density at radius 2 is 2.17 bits per heavy atom. The quantitative estimate of drug-likeness (QED) is 0.799. The van der Waals surface area contributed by atoms with Crippen LogP contribution in [0.5, 0.6) is 0 Å². The number of rotatable bonds is 4. The minimum atomic E-state index is 0.235. The molecule has 1 atom stereocenters. The molecule has 24 heavy (non-hydrogen) atoms. The molecule has 2 saturated carbocycles. The fourth-order valence-electron chi connectivity index (χ4n) is 3.80. The van der Waals surface area contributed by atoms with Crippen LogP contribution in [0.4, 0.5) is 5.95 Å². The van der Waals surface area contributed by atoms with Crippen molar-refractivity contribution in [2.75, 3.05) is 12.8 Å². The van der Waals surface area contributed by atoms with E-state index in [2.05, 4.69) is 33.3 Å². The van der Waals surface area contributed by atoms with E-state index in [-0.39, 0.29) is 5.95 Å². The molecular formula is C18H19N5O. The maximum absolute atomic E-state index is 5.85. The number of methoxy groups -OCH3 is 1. The van der Waals surface area contributed by atoms with E-state index in [4.69, 9.17) is 10.5 Å². The van der Waals surface area contributed by atoms with Crippen LogP contribution >= 0.6 is 0 Å². The second-order valence-corrected chi connectivity index (χ2v) is 7.00.